The summed E-state index contributed by atoms with van der Waals surface area (Å²) in [6.45, 7) is 6.83. The Morgan fingerprint density at radius 2 is 1.93 bits per heavy atom. The molecule has 1 aromatic carbocycles. The number of benzene rings is 1. The van der Waals surface area contributed by atoms with Crippen molar-refractivity contribution in [3.05, 3.63) is 35.4 Å². The molecule has 1 amide bonds. The van der Waals surface area contributed by atoms with E-state index in [0.717, 1.165) is 44.5 Å². The molecule has 4 rings (SSSR count). The van der Waals surface area contributed by atoms with Crippen LogP contribution in [0.3, 0.4) is 0 Å². The fourth-order valence-electron chi connectivity index (χ4n) is 4.97. The molecule has 1 aliphatic carbocycles. The molecule has 6 heteroatoms. The Morgan fingerprint density at radius 3 is 2.72 bits per heavy atom. The molecule has 2 heterocycles. The summed E-state index contributed by atoms with van der Waals surface area (Å²) in [6, 6.07) is 9.62. The minimum atomic E-state index is 0.107. The molecule has 2 N–H and O–H groups in total. The monoisotopic (exact) mass is 397 g/mol. The molecule has 6 nitrogen and oxygen atoms in total. The van der Waals surface area contributed by atoms with E-state index in [1.807, 2.05) is 4.90 Å². The number of carbonyl (C=O) groups is 1. The number of rotatable bonds is 5. The SMILES string of the molecule is CCNC(=NCC(=O)N1CCc2ccccc2C1)NC1CCN(C2CCCC2)C1. The minimum absolute atomic E-state index is 0.107. The maximum Gasteiger partial charge on any atom is 0.244 e. The van der Waals surface area contributed by atoms with Crippen LogP contribution in [0.2, 0.25) is 0 Å². The number of aliphatic imine (C=N–C) groups is 1. The minimum Gasteiger partial charge on any atom is -0.357 e. The van der Waals surface area contributed by atoms with Crippen LogP contribution in [-0.4, -0.2) is 66.5 Å². The summed E-state index contributed by atoms with van der Waals surface area (Å²) in [7, 11) is 0. The van der Waals surface area contributed by atoms with Crippen molar-refractivity contribution in [1.29, 1.82) is 0 Å². The van der Waals surface area contributed by atoms with Crippen molar-refractivity contribution in [2.75, 3.05) is 32.7 Å². The van der Waals surface area contributed by atoms with Gasteiger partial charge >= 0.3 is 0 Å². The van der Waals surface area contributed by atoms with Crippen molar-refractivity contribution in [3.8, 4) is 0 Å². The first-order valence-electron chi connectivity index (χ1n) is 11.4. The molecule has 0 bridgehead atoms. The Balaban J connectivity index is 1.30. The van der Waals surface area contributed by atoms with Crippen LogP contribution in [-0.2, 0) is 17.8 Å². The number of hydrogen-bond donors (Lipinski definition) is 2. The zero-order valence-corrected chi connectivity index (χ0v) is 17.7. The lowest BCUT2D eigenvalue weighted by Gasteiger charge is -2.28. The third-order valence-corrected chi connectivity index (χ3v) is 6.60. The van der Waals surface area contributed by atoms with Gasteiger partial charge in [0.1, 0.15) is 6.54 Å². The summed E-state index contributed by atoms with van der Waals surface area (Å²) in [5.41, 5.74) is 2.63. The van der Waals surface area contributed by atoms with Gasteiger partial charge in [-0.3, -0.25) is 9.69 Å². The topological polar surface area (TPSA) is 60.0 Å². The first-order valence-corrected chi connectivity index (χ1v) is 11.4. The zero-order valence-electron chi connectivity index (χ0n) is 17.7. The first-order chi connectivity index (χ1) is 14.2. The average Bonchev–Trinajstić information content (AvgIpc) is 3.43. The summed E-state index contributed by atoms with van der Waals surface area (Å²) in [6.07, 6.45) is 7.56. The Kier molecular flexibility index (Phi) is 6.70. The smallest absolute Gasteiger partial charge is 0.244 e. The van der Waals surface area contributed by atoms with E-state index in [0.29, 0.717) is 12.6 Å². The number of amides is 1. The van der Waals surface area contributed by atoms with Crippen LogP contribution in [0.5, 0.6) is 0 Å². The Bertz CT molecular complexity index is 728. The molecular formula is C23H35N5O. The molecule has 158 valence electrons. The highest BCUT2D eigenvalue weighted by Gasteiger charge is 2.30. The van der Waals surface area contributed by atoms with E-state index in [2.05, 4.69) is 51.7 Å². The standard InChI is InChI=1S/C23H35N5O/c1-2-24-23(26-20-12-14-27(17-20)21-9-5-6-10-21)25-15-22(29)28-13-11-18-7-3-4-8-19(18)16-28/h3-4,7-8,20-21H,2,5-6,9-17H2,1H3,(H2,24,25,26). The van der Waals surface area contributed by atoms with Crippen molar-refractivity contribution in [2.45, 2.75) is 64.1 Å². The van der Waals surface area contributed by atoms with E-state index in [-0.39, 0.29) is 12.5 Å². The molecule has 3 aliphatic rings. The number of likely N-dealkylation sites (tertiary alicyclic amines) is 1. The summed E-state index contributed by atoms with van der Waals surface area (Å²) in [5.74, 6) is 0.882. The Labute approximate surface area is 174 Å². The molecular weight excluding hydrogens is 362 g/mol. The van der Waals surface area contributed by atoms with E-state index in [1.165, 1.54) is 43.4 Å². The van der Waals surface area contributed by atoms with Gasteiger partial charge in [0.25, 0.3) is 0 Å². The summed E-state index contributed by atoms with van der Waals surface area (Å²) in [4.78, 5) is 21.9. The molecule has 1 unspecified atom stereocenters. The molecule has 1 aromatic rings. The van der Waals surface area contributed by atoms with Crippen molar-refractivity contribution in [2.24, 2.45) is 4.99 Å². The second-order valence-corrected chi connectivity index (χ2v) is 8.59. The van der Waals surface area contributed by atoms with Gasteiger partial charge in [0.2, 0.25) is 5.91 Å². The lowest BCUT2D eigenvalue weighted by Crippen LogP contribution is -2.46. The molecule has 0 radical (unpaired) electrons. The Hall–Kier alpha value is -2.08. The lowest BCUT2D eigenvalue weighted by atomic mass is 10.00. The highest BCUT2D eigenvalue weighted by molar-refractivity contribution is 5.85. The molecule has 1 saturated heterocycles. The van der Waals surface area contributed by atoms with E-state index >= 15 is 0 Å². The van der Waals surface area contributed by atoms with E-state index in [4.69, 9.17) is 0 Å². The van der Waals surface area contributed by atoms with Crippen molar-refractivity contribution < 1.29 is 4.79 Å². The van der Waals surface area contributed by atoms with Crippen LogP contribution in [0.25, 0.3) is 0 Å². The van der Waals surface area contributed by atoms with Gasteiger partial charge in [-0.1, -0.05) is 37.1 Å². The van der Waals surface area contributed by atoms with E-state index in [1.54, 1.807) is 0 Å². The number of nitrogens with zero attached hydrogens (tertiary/aromatic N) is 3. The fraction of sp³-hybridized carbons (Fsp3) is 0.652. The molecule has 1 saturated carbocycles. The number of hydrogen-bond acceptors (Lipinski definition) is 3. The number of fused-ring (bicyclic) bond motifs is 1. The van der Waals surface area contributed by atoms with Gasteiger partial charge in [0.15, 0.2) is 5.96 Å². The number of carbonyl (C=O) groups excluding carboxylic acids is 1. The number of nitrogens with one attached hydrogen (secondary N) is 2. The maximum atomic E-state index is 12.7. The molecule has 0 spiro atoms. The first kappa shape index (κ1) is 20.2. The van der Waals surface area contributed by atoms with Crippen LogP contribution in [0.15, 0.2) is 29.3 Å². The van der Waals surface area contributed by atoms with E-state index < -0.39 is 0 Å². The van der Waals surface area contributed by atoms with Crippen LogP contribution in [0.4, 0.5) is 0 Å². The summed E-state index contributed by atoms with van der Waals surface area (Å²) >= 11 is 0. The highest BCUT2D eigenvalue weighted by Crippen LogP contribution is 2.26. The quantitative estimate of drug-likeness (QED) is 0.590. The molecule has 0 aromatic heterocycles. The molecule has 2 aliphatic heterocycles. The van der Waals surface area contributed by atoms with Gasteiger partial charge in [0, 0.05) is 44.8 Å². The summed E-state index contributed by atoms with van der Waals surface area (Å²) in [5, 5.41) is 6.89. The second-order valence-electron chi connectivity index (χ2n) is 8.59. The van der Waals surface area contributed by atoms with Gasteiger partial charge in [-0.05, 0) is 43.7 Å². The third-order valence-electron chi connectivity index (χ3n) is 6.60. The van der Waals surface area contributed by atoms with Gasteiger partial charge in [-0.15, -0.1) is 0 Å². The van der Waals surface area contributed by atoms with Gasteiger partial charge < -0.3 is 15.5 Å². The third kappa shape index (κ3) is 5.10. The average molecular weight is 398 g/mol. The largest absolute Gasteiger partial charge is 0.357 e. The highest BCUT2D eigenvalue weighted by atomic mass is 16.2. The molecule has 2 fully saturated rings. The van der Waals surface area contributed by atoms with Crippen LogP contribution in [0, 0.1) is 0 Å². The van der Waals surface area contributed by atoms with Gasteiger partial charge in [0.05, 0.1) is 0 Å². The predicted octanol–water partition coefficient (Wildman–Crippen LogP) is 2.14. The van der Waals surface area contributed by atoms with Crippen molar-refractivity contribution >= 4 is 11.9 Å². The Morgan fingerprint density at radius 1 is 1.14 bits per heavy atom. The van der Waals surface area contributed by atoms with Gasteiger partial charge in [-0.25, -0.2) is 4.99 Å². The van der Waals surface area contributed by atoms with Crippen LogP contribution < -0.4 is 10.6 Å². The molecule has 1 atom stereocenters. The second kappa shape index (κ2) is 9.61. The maximum absolute atomic E-state index is 12.7. The van der Waals surface area contributed by atoms with Crippen LogP contribution in [0.1, 0.15) is 50.2 Å². The number of guanidine groups is 1. The van der Waals surface area contributed by atoms with E-state index in [9.17, 15) is 4.79 Å². The van der Waals surface area contributed by atoms with Gasteiger partial charge in [-0.2, -0.15) is 0 Å². The van der Waals surface area contributed by atoms with Crippen molar-refractivity contribution in [1.82, 2.24) is 20.4 Å². The summed E-state index contributed by atoms with van der Waals surface area (Å²) < 4.78 is 0. The lowest BCUT2D eigenvalue weighted by molar-refractivity contribution is -0.130. The van der Waals surface area contributed by atoms with Crippen LogP contribution >= 0.6 is 0 Å². The molecule has 29 heavy (non-hydrogen) atoms. The predicted molar refractivity (Wildman–Crippen MR) is 117 cm³/mol. The normalized spacial score (nSPS) is 23.3. The van der Waals surface area contributed by atoms with Crippen molar-refractivity contribution in [3.63, 3.8) is 0 Å². The fourth-order valence-corrected chi connectivity index (χ4v) is 4.97. The zero-order chi connectivity index (χ0) is 20.1.